The van der Waals surface area contributed by atoms with E-state index in [1.165, 1.54) is 0 Å². The van der Waals surface area contributed by atoms with E-state index in [1.807, 2.05) is 0 Å². The quantitative estimate of drug-likeness (QED) is 0.448. The van der Waals surface area contributed by atoms with E-state index in [0.717, 1.165) is 77.0 Å². The molecule has 2 N–H and O–H groups in total. The molecule has 1 aliphatic rings. The summed E-state index contributed by atoms with van der Waals surface area (Å²) in [5, 5.41) is 18.8. The fourth-order valence-electron chi connectivity index (χ4n) is 3.97. The van der Waals surface area contributed by atoms with E-state index in [4.69, 9.17) is 5.11 Å². The highest BCUT2D eigenvalue weighted by Crippen LogP contribution is 2.38. The van der Waals surface area contributed by atoms with Crippen LogP contribution in [0.15, 0.2) is 0 Å². The molecule has 1 fully saturated rings. The second-order valence-electron chi connectivity index (χ2n) is 7.45. The number of carboxylic acid groups (broad SMARTS) is 1. The molecule has 4 nitrogen and oxygen atoms in total. The highest BCUT2D eigenvalue weighted by Gasteiger charge is 2.34. The van der Waals surface area contributed by atoms with Crippen LogP contribution in [-0.4, -0.2) is 28.1 Å². The number of aliphatic hydroxyl groups excluding tert-OH is 1. The molecule has 3 atom stereocenters. The van der Waals surface area contributed by atoms with Crippen LogP contribution in [0, 0.1) is 11.8 Å². The second kappa shape index (κ2) is 12.5. The van der Waals surface area contributed by atoms with Crippen LogP contribution in [0.25, 0.3) is 0 Å². The Bertz CT molecular complexity index is 367. The molecule has 0 heterocycles. The van der Waals surface area contributed by atoms with Gasteiger partial charge >= 0.3 is 5.97 Å². The predicted octanol–water partition coefficient (Wildman–Crippen LogP) is 4.73. The summed E-state index contributed by atoms with van der Waals surface area (Å²) in [6, 6.07) is 0. The first kappa shape index (κ1) is 21.1. The van der Waals surface area contributed by atoms with Crippen LogP contribution in [0.1, 0.15) is 96.8 Å². The molecule has 0 aliphatic heterocycles. The van der Waals surface area contributed by atoms with Crippen molar-refractivity contribution in [3.05, 3.63) is 0 Å². The molecule has 1 unspecified atom stereocenters. The van der Waals surface area contributed by atoms with Crippen molar-refractivity contribution in [2.24, 2.45) is 11.8 Å². The monoisotopic (exact) mass is 340 g/mol. The maximum Gasteiger partial charge on any atom is 0.303 e. The lowest BCUT2D eigenvalue weighted by molar-refractivity contribution is -0.137. The zero-order chi connectivity index (χ0) is 17.8. The first-order valence-electron chi connectivity index (χ1n) is 9.96. The minimum absolute atomic E-state index is 0.204. The van der Waals surface area contributed by atoms with E-state index >= 15 is 0 Å². The SMILES string of the molecule is CCCCCC(=O)CC[C@H]1CCC(O)[C@@H]1CCCCCCC(=O)O. The van der Waals surface area contributed by atoms with Crippen molar-refractivity contribution < 1.29 is 19.8 Å². The topological polar surface area (TPSA) is 74.6 Å². The Morgan fingerprint density at radius 2 is 1.58 bits per heavy atom. The molecule has 0 radical (unpaired) electrons. The molecule has 140 valence electrons. The fourth-order valence-corrected chi connectivity index (χ4v) is 3.97. The number of hydrogen-bond acceptors (Lipinski definition) is 3. The Morgan fingerprint density at radius 1 is 0.875 bits per heavy atom. The fraction of sp³-hybridized carbons (Fsp3) is 0.900. The van der Waals surface area contributed by atoms with Crippen LogP contribution in [-0.2, 0) is 9.59 Å². The third-order valence-electron chi connectivity index (χ3n) is 5.46. The highest BCUT2D eigenvalue weighted by molar-refractivity contribution is 5.78. The lowest BCUT2D eigenvalue weighted by Crippen LogP contribution is -2.20. The van der Waals surface area contributed by atoms with Gasteiger partial charge in [0, 0.05) is 19.3 Å². The molecule has 1 aliphatic carbocycles. The van der Waals surface area contributed by atoms with Crippen LogP contribution in [0.5, 0.6) is 0 Å². The van der Waals surface area contributed by atoms with Crippen molar-refractivity contribution in [1.29, 1.82) is 0 Å². The van der Waals surface area contributed by atoms with Crippen molar-refractivity contribution >= 4 is 11.8 Å². The molecule has 0 bridgehead atoms. The van der Waals surface area contributed by atoms with E-state index in [9.17, 15) is 14.7 Å². The summed E-state index contributed by atoms with van der Waals surface area (Å²) in [5.74, 6) is 0.504. The lowest BCUT2D eigenvalue weighted by Gasteiger charge is -2.22. The highest BCUT2D eigenvalue weighted by atomic mass is 16.4. The van der Waals surface area contributed by atoms with Crippen LogP contribution in [0.4, 0.5) is 0 Å². The molecule has 0 aromatic carbocycles. The van der Waals surface area contributed by atoms with Crippen LogP contribution >= 0.6 is 0 Å². The van der Waals surface area contributed by atoms with E-state index in [-0.39, 0.29) is 12.5 Å². The minimum Gasteiger partial charge on any atom is -0.481 e. The van der Waals surface area contributed by atoms with Gasteiger partial charge in [0.25, 0.3) is 0 Å². The van der Waals surface area contributed by atoms with E-state index in [2.05, 4.69) is 6.92 Å². The Kier molecular flexibility index (Phi) is 11.0. The van der Waals surface area contributed by atoms with Gasteiger partial charge in [-0.15, -0.1) is 0 Å². The van der Waals surface area contributed by atoms with Crippen molar-refractivity contribution in [2.75, 3.05) is 0 Å². The normalized spacial score (nSPS) is 23.5. The van der Waals surface area contributed by atoms with E-state index in [1.54, 1.807) is 0 Å². The summed E-state index contributed by atoms with van der Waals surface area (Å²) in [4.78, 5) is 22.4. The maximum atomic E-state index is 11.9. The van der Waals surface area contributed by atoms with Crippen LogP contribution in [0.3, 0.4) is 0 Å². The molecule has 1 saturated carbocycles. The van der Waals surface area contributed by atoms with Gasteiger partial charge in [0.1, 0.15) is 5.78 Å². The van der Waals surface area contributed by atoms with Gasteiger partial charge in [-0.3, -0.25) is 9.59 Å². The first-order chi connectivity index (χ1) is 11.5. The van der Waals surface area contributed by atoms with Gasteiger partial charge in [0.2, 0.25) is 0 Å². The van der Waals surface area contributed by atoms with Crippen LogP contribution in [0.2, 0.25) is 0 Å². The molecule has 0 saturated heterocycles. The molecule has 0 amide bonds. The number of unbranched alkanes of at least 4 members (excludes halogenated alkanes) is 5. The largest absolute Gasteiger partial charge is 0.481 e. The average Bonchev–Trinajstić information content (AvgIpc) is 2.89. The van der Waals surface area contributed by atoms with Gasteiger partial charge in [-0.25, -0.2) is 0 Å². The van der Waals surface area contributed by atoms with Crippen molar-refractivity contribution in [1.82, 2.24) is 0 Å². The average molecular weight is 341 g/mol. The number of rotatable bonds is 14. The summed E-state index contributed by atoms with van der Waals surface area (Å²) in [5.41, 5.74) is 0. The molecule has 0 aromatic rings. The van der Waals surface area contributed by atoms with Crippen LogP contribution < -0.4 is 0 Å². The van der Waals surface area contributed by atoms with Crippen molar-refractivity contribution in [3.63, 3.8) is 0 Å². The number of carbonyl (C=O) groups excluding carboxylic acids is 1. The Hall–Kier alpha value is -0.900. The van der Waals surface area contributed by atoms with Gasteiger partial charge in [-0.05, 0) is 50.4 Å². The van der Waals surface area contributed by atoms with Gasteiger partial charge in [-0.2, -0.15) is 0 Å². The molecular formula is C20H36O4. The summed E-state index contributed by atoms with van der Waals surface area (Å²) in [6.45, 7) is 2.15. The predicted molar refractivity (Wildman–Crippen MR) is 95.9 cm³/mol. The van der Waals surface area contributed by atoms with Gasteiger partial charge < -0.3 is 10.2 Å². The van der Waals surface area contributed by atoms with E-state index in [0.29, 0.717) is 24.0 Å². The summed E-state index contributed by atoms with van der Waals surface area (Å²) < 4.78 is 0. The Balaban J connectivity index is 2.19. The third kappa shape index (κ3) is 8.81. The molecule has 0 spiro atoms. The summed E-state index contributed by atoms with van der Waals surface area (Å²) in [7, 11) is 0. The summed E-state index contributed by atoms with van der Waals surface area (Å²) in [6.07, 6.45) is 12.4. The smallest absolute Gasteiger partial charge is 0.303 e. The third-order valence-corrected chi connectivity index (χ3v) is 5.46. The number of carbonyl (C=O) groups is 2. The number of ketones is 1. The Morgan fingerprint density at radius 3 is 2.29 bits per heavy atom. The standard InChI is InChI=1S/C20H36O4/c1-2-3-6-9-17(21)14-12-16-13-15-19(22)18(16)10-7-4-5-8-11-20(23)24/h16,18-19,22H,2-15H2,1H3,(H,23,24)/t16-,18+,19?/m0/s1. The first-order valence-corrected chi connectivity index (χ1v) is 9.96. The molecular weight excluding hydrogens is 304 g/mol. The van der Waals surface area contributed by atoms with E-state index < -0.39 is 5.97 Å². The second-order valence-corrected chi connectivity index (χ2v) is 7.45. The number of Topliss-reactive ketones (excluding diaryl/α,β-unsaturated/α-hetero) is 1. The zero-order valence-electron chi connectivity index (χ0n) is 15.3. The number of carboxylic acids is 1. The van der Waals surface area contributed by atoms with Crippen molar-refractivity contribution in [2.45, 2.75) is 103 Å². The maximum absolute atomic E-state index is 11.9. The Labute approximate surface area is 147 Å². The van der Waals surface area contributed by atoms with Gasteiger partial charge in [0.15, 0.2) is 0 Å². The molecule has 1 rings (SSSR count). The van der Waals surface area contributed by atoms with Crippen molar-refractivity contribution in [3.8, 4) is 0 Å². The number of hydrogen-bond donors (Lipinski definition) is 2. The lowest BCUT2D eigenvalue weighted by atomic mass is 9.85. The molecule has 4 heteroatoms. The van der Waals surface area contributed by atoms with Gasteiger partial charge in [-0.1, -0.05) is 39.0 Å². The molecule has 24 heavy (non-hydrogen) atoms. The van der Waals surface area contributed by atoms with Gasteiger partial charge in [0.05, 0.1) is 6.10 Å². The zero-order valence-corrected chi connectivity index (χ0v) is 15.3. The minimum atomic E-state index is -0.718. The number of aliphatic carboxylic acids is 1. The molecule has 0 aromatic heterocycles. The number of aliphatic hydroxyl groups is 1. The summed E-state index contributed by atoms with van der Waals surface area (Å²) >= 11 is 0.